The fourth-order valence-corrected chi connectivity index (χ4v) is 5.42. The lowest BCUT2D eigenvalue weighted by Crippen LogP contribution is -2.31. The number of ether oxygens (including phenoxy) is 2. The van der Waals surface area contributed by atoms with Crippen molar-refractivity contribution >= 4 is 35.1 Å². The number of fused-ring (bicyclic) bond motifs is 1. The molecule has 1 aliphatic carbocycles. The van der Waals surface area contributed by atoms with E-state index in [0.29, 0.717) is 23.0 Å². The number of methoxy groups -OCH3 is 1. The molecule has 0 aromatic heterocycles. The molecule has 8 nitrogen and oxygen atoms in total. The van der Waals surface area contributed by atoms with Crippen molar-refractivity contribution in [1.82, 2.24) is 0 Å². The number of imide groups is 1. The van der Waals surface area contributed by atoms with Crippen LogP contribution in [0.5, 0.6) is 11.5 Å². The minimum absolute atomic E-state index is 0.0420. The molecule has 2 heterocycles. The predicted molar refractivity (Wildman–Crippen MR) is 128 cm³/mol. The molecule has 182 valence electrons. The normalized spacial score (nSPS) is 26.2. The first-order valence-electron chi connectivity index (χ1n) is 12.0. The van der Waals surface area contributed by atoms with E-state index in [4.69, 9.17) is 9.47 Å². The summed E-state index contributed by atoms with van der Waals surface area (Å²) in [4.78, 5) is 54.3. The minimum Gasteiger partial charge on any atom is -0.497 e. The highest BCUT2D eigenvalue weighted by atomic mass is 16.5. The number of carbonyl (C=O) groups excluding carboxylic acids is 4. The van der Waals surface area contributed by atoms with Gasteiger partial charge in [-0.15, -0.1) is 0 Å². The summed E-state index contributed by atoms with van der Waals surface area (Å²) in [5, 5.41) is 0. The fraction of sp³-hybridized carbons (Fsp3) is 0.407. The van der Waals surface area contributed by atoms with E-state index in [-0.39, 0.29) is 48.3 Å². The van der Waals surface area contributed by atoms with E-state index in [1.807, 2.05) is 0 Å². The highest BCUT2D eigenvalue weighted by Gasteiger charge is 2.50. The summed E-state index contributed by atoms with van der Waals surface area (Å²) < 4.78 is 10.8. The third-order valence-corrected chi connectivity index (χ3v) is 7.31. The van der Waals surface area contributed by atoms with Crippen molar-refractivity contribution in [3.05, 3.63) is 48.5 Å². The monoisotopic (exact) mass is 476 g/mol. The average molecular weight is 477 g/mol. The molecular formula is C27H28N2O6. The molecule has 3 fully saturated rings. The van der Waals surface area contributed by atoms with Crippen LogP contribution < -0.4 is 19.3 Å². The van der Waals surface area contributed by atoms with Gasteiger partial charge in [-0.05, 0) is 49.4 Å². The Balaban J connectivity index is 1.28. The summed E-state index contributed by atoms with van der Waals surface area (Å²) in [6, 6.07) is 13.6. The van der Waals surface area contributed by atoms with E-state index in [2.05, 4.69) is 6.92 Å². The van der Waals surface area contributed by atoms with Gasteiger partial charge in [0.1, 0.15) is 11.5 Å². The summed E-state index contributed by atoms with van der Waals surface area (Å²) in [7, 11) is 1.55. The number of hydrogen-bond donors (Lipinski definition) is 0. The zero-order valence-corrected chi connectivity index (χ0v) is 19.8. The maximum absolute atomic E-state index is 13.0. The second kappa shape index (κ2) is 9.17. The zero-order valence-electron chi connectivity index (χ0n) is 19.8. The summed E-state index contributed by atoms with van der Waals surface area (Å²) in [6.45, 7) is 2.31. The quantitative estimate of drug-likeness (QED) is 0.372. The summed E-state index contributed by atoms with van der Waals surface area (Å²) in [5.74, 6) is -0.927. The average Bonchev–Trinajstić information content (AvgIpc) is 3.36. The van der Waals surface area contributed by atoms with Crippen molar-refractivity contribution in [2.75, 3.05) is 23.5 Å². The molecule has 2 aromatic carbocycles. The Hall–Kier alpha value is -3.68. The molecule has 1 saturated carbocycles. The number of esters is 1. The minimum atomic E-state index is -0.628. The molecular weight excluding hydrogens is 448 g/mol. The standard InChI is InChI=1S/C27H28N2O6/c1-16-9-10-22-23(11-16)26(32)29(25(22)31)19-6-4-8-21(14-19)35-27(33)17-12-24(30)28(15-17)18-5-3-7-20(13-18)34-2/h3-8,13-14,16-17,22-23H,9-12,15H2,1-2H3/t16-,17+,22-,23+/m1/s1. The van der Waals surface area contributed by atoms with Crippen LogP contribution in [0.2, 0.25) is 0 Å². The fourth-order valence-electron chi connectivity index (χ4n) is 5.42. The van der Waals surface area contributed by atoms with E-state index < -0.39 is 11.9 Å². The van der Waals surface area contributed by atoms with Gasteiger partial charge >= 0.3 is 5.97 Å². The molecule has 0 radical (unpaired) electrons. The van der Waals surface area contributed by atoms with Gasteiger partial charge in [-0.1, -0.05) is 19.1 Å². The highest BCUT2D eigenvalue weighted by Crippen LogP contribution is 2.42. The Morgan fingerprint density at radius 3 is 2.37 bits per heavy atom. The van der Waals surface area contributed by atoms with Crippen molar-refractivity contribution < 1.29 is 28.7 Å². The molecule has 5 rings (SSSR count). The van der Waals surface area contributed by atoms with Gasteiger partial charge in [0.25, 0.3) is 0 Å². The molecule has 3 amide bonds. The van der Waals surface area contributed by atoms with Gasteiger partial charge in [0.2, 0.25) is 17.7 Å². The van der Waals surface area contributed by atoms with Gasteiger partial charge in [0.05, 0.1) is 30.6 Å². The Kier molecular flexibility index (Phi) is 6.05. The van der Waals surface area contributed by atoms with Crippen LogP contribution in [0.3, 0.4) is 0 Å². The second-order valence-electron chi connectivity index (χ2n) is 9.67. The van der Waals surface area contributed by atoms with Crippen molar-refractivity contribution in [3.8, 4) is 11.5 Å². The Labute approximate surface area is 203 Å². The molecule has 2 aliphatic heterocycles. The lowest BCUT2D eigenvalue weighted by atomic mass is 9.76. The van der Waals surface area contributed by atoms with E-state index >= 15 is 0 Å². The van der Waals surface area contributed by atoms with Crippen LogP contribution in [-0.2, 0) is 19.2 Å². The second-order valence-corrected chi connectivity index (χ2v) is 9.67. The smallest absolute Gasteiger partial charge is 0.316 e. The molecule has 2 aromatic rings. The van der Waals surface area contributed by atoms with Gasteiger partial charge in [-0.3, -0.25) is 19.2 Å². The Morgan fingerprint density at radius 2 is 1.60 bits per heavy atom. The first-order valence-corrected chi connectivity index (χ1v) is 12.0. The summed E-state index contributed by atoms with van der Waals surface area (Å²) >= 11 is 0. The van der Waals surface area contributed by atoms with Crippen molar-refractivity contribution in [2.24, 2.45) is 23.7 Å². The molecule has 0 spiro atoms. The molecule has 0 bridgehead atoms. The lowest BCUT2D eigenvalue weighted by molar-refractivity contribution is -0.139. The maximum Gasteiger partial charge on any atom is 0.316 e. The van der Waals surface area contributed by atoms with Crippen LogP contribution in [-0.4, -0.2) is 37.3 Å². The van der Waals surface area contributed by atoms with Gasteiger partial charge in [0, 0.05) is 30.8 Å². The first-order chi connectivity index (χ1) is 16.9. The first kappa shape index (κ1) is 23.1. The number of nitrogens with zero attached hydrogens (tertiary/aromatic N) is 2. The van der Waals surface area contributed by atoms with Gasteiger partial charge < -0.3 is 14.4 Å². The number of hydrogen-bond acceptors (Lipinski definition) is 6. The Bertz CT molecular complexity index is 1190. The molecule has 2 saturated heterocycles. The molecule has 3 aliphatic rings. The number of anilines is 2. The molecule has 0 N–H and O–H groups in total. The SMILES string of the molecule is COc1cccc(N2C[C@@H](C(=O)Oc3cccc(N4C(=O)[C@H]5C[C@H](C)CC[C@H]5C4=O)c3)CC2=O)c1. The van der Waals surface area contributed by atoms with Crippen LogP contribution >= 0.6 is 0 Å². The van der Waals surface area contributed by atoms with Crippen molar-refractivity contribution in [1.29, 1.82) is 0 Å². The van der Waals surface area contributed by atoms with Gasteiger partial charge in [-0.25, -0.2) is 4.90 Å². The van der Waals surface area contributed by atoms with E-state index in [1.54, 1.807) is 60.5 Å². The van der Waals surface area contributed by atoms with E-state index in [0.717, 1.165) is 19.3 Å². The molecule has 0 unspecified atom stereocenters. The Morgan fingerprint density at radius 1 is 0.914 bits per heavy atom. The number of carbonyl (C=O) groups is 4. The highest BCUT2D eigenvalue weighted by molar-refractivity contribution is 6.22. The zero-order chi connectivity index (χ0) is 24.7. The van der Waals surface area contributed by atoms with Crippen molar-refractivity contribution in [3.63, 3.8) is 0 Å². The van der Waals surface area contributed by atoms with Crippen LogP contribution in [0, 0.1) is 23.7 Å². The van der Waals surface area contributed by atoms with E-state index in [1.165, 1.54) is 4.90 Å². The molecule has 35 heavy (non-hydrogen) atoms. The number of rotatable bonds is 5. The van der Waals surface area contributed by atoms with Crippen LogP contribution in [0.15, 0.2) is 48.5 Å². The molecule has 4 atom stereocenters. The third kappa shape index (κ3) is 4.29. The third-order valence-electron chi connectivity index (χ3n) is 7.31. The summed E-state index contributed by atoms with van der Waals surface area (Å²) in [6.07, 6.45) is 2.43. The van der Waals surface area contributed by atoms with Gasteiger partial charge in [0.15, 0.2) is 0 Å². The van der Waals surface area contributed by atoms with Crippen LogP contribution in [0.1, 0.15) is 32.6 Å². The number of benzene rings is 2. The van der Waals surface area contributed by atoms with Crippen LogP contribution in [0.4, 0.5) is 11.4 Å². The van der Waals surface area contributed by atoms with E-state index in [9.17, 15) is 19.2 Å². The number of amides is 3. The topological polar surface area (TPSA) is 93.2 Å². The van der Waals surface area contributed by atoms with Gasteiger partial charge in [-0.2, -0.15) is 0 Å². The van der Waals surface area contributed by atoms with Crippen LogP contribution in [0.25, 0.3) is 0 Å². The maximum atomic E-state index is 13.0. The van der Waals surface area contributed by atoms with Crippen molar-refractivity contribution in [2.45, 2.75) is 32.6 Å². The summed E-state index contributed by atoms with van der Waals surface area (Å²) in [5.41, 5.74) is 1.07. The predicted octanol–water partition coefficient (Wildman–Crippen LogP) is 3.58. The largest absolute Gasteiger partial charge is 0.497 e. The molecule has 8 heteroatoms. The lowest BCUT2D eigenvalue weighted by Gasteiger charge is -2.25.